The predicted octanol–water partition coefficient (Wildman–Crippen LogP) is 11.6. The fourth-order valence-electron chi connectivity index (χ4n) is 5.00. The maximum atomic E-state index is 12.1. The third-order valence-electron chi connectivity index (χ3n) is 7.83. The minimum atomic E-state index is -0.800. The molecule has 1 N–H and O–H groups in total. The van der Waals surface area contributed by atoms with Crippen molar-refractivity contribution in [3.63, 3.8) is 0 Å². The molecule has 0 aliphatic rings. The number of ether oxygens (including phenoxy) is 2. The molecule has 5 heteroatoms. The Morgan fingerprint density at radius 2 is 0.935 bits per heavy atom. The van der Waals surface area contributed by atoms with Gasteiger partial charge in [-0.05, 0) is 51.4 Å². The number of allylic oxidation sites excluding steroid dienone is 10. The fourth-order valence-corrected chi connectivity index (χ4v) is 5.00. The van der Waals surface area contributed by atoms with Crippen LogP contribution in [0, 0.1) is 0 Å². The van der Waals surface area contributed by atoms with Crippen molar-refractivity contribution in [2.75, 3.05) is 13.2 Å². The molecule has 264 valence electrons. The second-order valence-corrected chi connectivity index (χ2v) is 12.3. The Morgan fingerprint density at radius 1 is 0.522 bits per heavy atom. The molecule has 0 heterocycles. The van der Waals surface area contributed by atoms with Crippen molar-refractivity contribution in [3.05, 3.63) is 60.8 Å². The SMILES string of the molecule is CC/C=C/C/C=C/C/C=C/C/C=C/C/C=C/CCCC(=O)O[C@@H](CO)COC(=O)CCCCCCCCCCCCCCCCC. The third-order valence-corrected chi connectivity index (χ3v) is 7.83. The van der Waals surface area contributed by atoms with Crippen LogP contribution in [0.2, 0.25) is 0 Å². The minimum Gasteiger partial charge on any atom is -0.462 e. The second kappa shape index (κ2) is 37.1. The summed E-state index contributed by atoms with van der Waals surface area (Å²) in [4.78, 5) is 24.2. The van der Waals surface area contributed by atoms with Crippen LogP contribution in [0.4, 0.5) is 0 Å². The van der Waals surface area contributed by atoms with Gasteiger partial charge in [0.25, 0.3) is 0 Å². The molecule has 0 aromatic rings. The summed E-state index contributed by atoms with van der Waals surface area (Å²) in [5, 5.41) is 9.53. The van der Waals surface area contributed by atoms with Crippen LogP contribution in [0.3, 0.4) is 0 Å². The molecule has 46 heavy (non-hydrogen) atoms. The molecule has 0 aliphatic heterocycles. The first-order valence-corrected chi connectivity index (χ1v) is 18.8. The Balaban J connectivity index is 3.67. The number of aliphatic hydroxyl groups excluding tert-OH is 1. The molecule has 0 saturated carbocycles. The Morgan fingerprint density at radius 3 is 1.39 bits per heavy atom. The summed E-state index contributed by atoms with van der Waals surface area (Å²) < 4.78 is 10.5. The molecular weight excluding hydrogens is 572 g/mol. The first kappa shape index (κ1) is 43.6. The molecule has 0 aliphatic carbocycles. The molecule has 0 aromatic heterocycles. The number of unbranched alkanes of at least 4 members (excludes halogenated alkanes) is 15. The Kier molecular flexibility index (Phi) is 35.1. The van der Waals surface area contributed by atoms with E-state index in [1.54, 1.807) is 0 Å². The smallest absolute Gasteiger partial charge is 0.306 e. The molecule has 0 spiro atoms. The summed E-state index contributed by atoms with van der Waals surface area (Å²) in [5.74, 6) is -0.660. The monoisotopic (exact) mass is 643 g/mol. The van der Waals surface area contributed by atoms with Gasteiger partial charge in [0.05, 0.1) is 6.61 Å². The molecule has 5 nitrogen and oxygen atoms in total. The summed E-state index contributed by atoms with van der Waals surface area (Å²) >= 11 is 0. The van der Waals surface area contributed by atoms with Crippen molar-refractivity contribution in [2.24, 2.45) is 0 Å². The van der Waals surface area contributed by atoms with E-state index in [4.69, 9.17) is 9.47 Å². The molecule has 0 rings (SSSR count). The van der Waals surface area contributed by atoms with Crippen molar-refractivity contribution in [1.29, 1.82) is 0 Å². The molecule has 1 atom stereocenters. The van der Waals surface area contributed by atoms with Crippen molar-refractivity contribution in [1.82, 2.24) is 0 Å². The van der Waals surface area contributed by atoms with Gasteiger partial charge in [-0.15, -0.1) is 0 Å². The largest absolute Gasteiger partial charge is 0.462 e. The van der Waals surface area contributed by atoms with Crippen molar-refractivity contribution >= 4 is 11.9 Å². The molecule has 0 aromatic carbocycles. The number of hydrogen-bond donors (Lipinski definition) is 1. The van der Waals surface area contributed by atoms with Gasteiger partial charge in [-0.2, -0.15) is 0 Å². The lowest BCUT2D eigenvalue weighted by atomic mass is 10.0. The first-order valence-electron chi connectivity index (χ1n) is 18.8. The van der Waals surface area contributed by atoms with E-state index in [0.717, 1.165) is 57.8 Å². The minimum absolute atomic E-state index is 0.0887. The van der Waals surface area contributed by atoms with Gasteiger partial charge in [-0.1, -0.05) is 164 Å². The van der Waals surface area contributed by atoms with Crippen molar-refractivity contribution < 1.29 is 24.2 Å². The van der Waals surface area contributed by atoms with Gasteiger partial charge in [0.15, 0.2) is 6.10 Å². The summed E-state index contributed by atoms with van der Waals surface area (Å²) in [6.07, 6.45) is 47.1. The highest BCUT2D eigenvalue weighted by Gasteiger charge is 2.15. The van der Waals surface area contributed by atoms with Crippen LogP contribution in [0.25, 0.3) is 0 Å². The summed E-state index contributed by atoms with van der Waals surface area (Å²) in [7, 11) is 0. The van der Waals surface area contributed by atoms with E-state index in [1.807, 2.05) is 0 Å². The highest BCUT2D eigenvalue weighted by molar-refractivity contribution is 5.70. The van der Waals surface area contributed by atoms with Crippen LogP contribution in [0.1, 0.15) is 168 Å². The van der Waals surface area contributed by atoms with Gasteiger partial charge in [0.2, 0.25) is 0 Å². The van der Waals surface area contributed by atoms with Crippen LogP contribution in [0.15, 0.2) is 60.8 Å². The van der Waals surface area contributed by atoms with Gasteiger partial charge in [-0.3, -0.25) is 9.59 Å². The summed E-state index contributed by atoms with van der Waals surface area (Å²) in [6, 6.07) is 0. The Hall–Kier alpha value is -2.40. The number of hydrogen-bond acceptors (Lipinski definition) is 5. The lowest BCUT2D eigenvalue weighted by molar-refractivity contribution is -0.161. The molecule has 0 saturated heterocycles. The van der Waals surface area contributed by atoms with Crippen LogP contribution in [0.5, 0.6) is 0 Å². The lowest BCUT2D eigenvalue weighted by Gasteiger charge is -2.15. The van der Waals surface area contributed by atoms with Gasteiger partial charge in [0.1, 0.15) is 6.61 Å². The normalized spacial score (nSPS) is 12.8. The van der Waals surface area contributed by atoms with E-state index in [-0.39, 0.29) is 31.6 Å². The van der Waals surface area contributed by atoms with Crippen LogP contribution in [-0.2, 0) is 19.1 Å². The fraction of sp³-hybridized carbons (Fsp3) is 0.707. The maximum Gasteiger partial charge on any atom is 0.306 e. The maximum absolute atomic E-state index is 12.1. The van der Waals surface area contributed by atoms with Gasteiger partial charge < -0.3 is 14.6 Å². The molecule has 0 radical (unpaired) electrons. The van der Waals surface area contributed by atoms with Gasteiger partial charge in [0, 0.05) is 12.8 Å². The summed E-state index contributed by atoms with van der Waals surface area (Å²) in [6.45, 7) is 3.97. The number of carbonyl (C=O) groups is 2. The zero-order valence-electron chi connectivity index (χ0n) is 29.8. The van der Waals surface area contributed by atoms with Crippen molar-refractivity contribution in [2.45, 2.75) is 174 Å². The van der Waals surface area contributed by atoms with Crippen LogP contribution >= 0.6 is 0 Å². The van der Waals surface area contributed by atoms with Crippen LogP contribution < -0.4 is 0 Å². The van der Waals surface area contributed by atoms with Crippen LogP contribution in [-0.4, -0.2) is 36.4 Å². The third kappa shape index (κ3) is 34.5. The number of rotatable bonds is 33. The zero-order chi connectivity index (χ0) is 33.6. The summed E-state index contributed by atoms with van der Waals surface area (Å²) in [5.41, 5.74) is 0. The zero-order valence-corrected chi connectivity index (χ0v) is 29.8. The highest BCUT2D eigenvalue weighted by atomic mass is 16.6. The predicted molar refractivity (Wildman–Crippen MR) is 196 cm³/mol. The molecule has 0 fully saturated rings. The average Bonchev–Trinajstić information content (AvgIpc) is 3.06. The highest BCUT2D eigenvalue weighted by Crippen LogP contribution is 2.14. The number of esters is 2. The Bertz CT molecular complexity index is 823. The number of aliphatic hydroxyl groups is 1. The lowest BCUT2D eigenvalue weighted by Crippen LogP contribution is -2.28. The van der Waals surface area contributed by atoms with E-state index >= 15 is 0 Å². The number of carbonyl (C=O) groups excluding carboxylic acids is 2. The van der Waals surface area contributed by atoms with Crippen molar-refractivity contribution in [3.8, 4) is 0 Å². The first-order chi connectivity index (χ1) is 22.6. The molecule has 0 amide bonds. The van der Waals surface area contributed by atoms with E-state index in [2.05, 4.69) is 74.6 Å². The molecule has 0 unspecified atom stereocenters. The van der Waals surface area contributed by atoms with E-state index in [9.17, 15) is 14.7 Å². The van der Waals surface area contributed by atoms with Gasteiger partial charge >= 0.3 is 11.9 Å². The van der Waals surface area contributed by atoms with E-state index in [0.29, 0.717) is 12.8 Å². The topological polar surface area (TPSA) is 72.8 Å². The quantitative estimate of drug-likeness (QED) is 0.0438. The molecule has 0 bridgehead atoms. The standard InChI is InChI=1S/C41H70O5/c1-3-5-7-9-11-13-15-17-19-20-22-24-26-28-30-32-34-36-41(44)46-39(37-42)38-45-40(43)35-33-31-29-27-25-23-21-18-16-14-12-10-8-6-4-2/h5,7,11,13,17,19,22,24,28,30,39,42H,3-4,6,8-10,12,14-16,18,20-21,23,25-27,29,31-38H2,1-2H3/b7-5+,13-11+,19-17+,24-22+,30-28+/t39-/m0/s1. The van der Waals surface area contributed by atoms with Gasteiger partial charge in [-0.25, -0.2) is 0 Å². The van der Waals surface area contributed by atoms with E-state index in [1.165, 1.54) is 77.0 Å². The van der Waals surface area contributed by atoms with E-state index < -0.39 is 6.10 Å². The Labute approximate surface area is 283 Å². The second-order valence-electron chi connectivity index (χ2n) is 12.3. The molecular formula is C41H70O5. The average molecular weight is 643 g/mol.